The zero-order chi connectivity index (χ0) is 15.0. The van der Waals surface area contributed by atoms with Crippen molar-refractivity contribution in [3.05, 3.63) is 63.9 Å². The first-order valence-corrected chi connectivity index (χ1v) is 7.26. The lowest BCUT2D eigenvalue weighted by Gasteiger charge is -2.28. The van der Waals surface area contributed by atoms with E-state index in [1.807, 2.05) is 0 Å². The van der Waals surface area contributed by atoms with E-state index in [0.717, 1.165) is 0 Å². The molecule has 1 aliphatic heterocycles. The second-order valence-corrected chi connectivity index (χ2v) is 5.69. The van der Waals surface area contributed by atoms with Gasteiger partial charge in [-0.25, -0.2) is 4.39 Å². The molecule has 0 saturated carbocycles. The standard InChI is InChI=1S/C16H11BrFNO2/c17-10-5-6-11(13(18)9-10)16(21)19-8-7-15(20)12-3-1-2-4-14(12)19/h1-6,9H,7-8H2. The molecular weight excluding hydrogens is 337 g/mol. The molecule has 0 bridgehead atoms. The maximum Gasteiger partial charge on any atom is 0.261 e. The number of ketones is 1. The highest BCUT2D eigenvalue weighted by atomic mass is 79.9. The van der Waals surface area contributed by atoms with Crippen molar-refractivity contribution in [1.29, 1.82) is 0 Å². The van der Waals surface area contributed by atoms with Crippen LogP contribution < -0.4 is 4.90 Å². The predicted octanol–water partition coefficient (Wildman–Crippen LogP) is 3.82. The van der Waals surface area contributed by atoms with E-state index in [0.29, 0.717) is 15.7 Å². The Balaban J connectivity index is 2.03. The average Bonchev–Trinajstić information content (AvgIpc) is 2.47. The van der Waals surface area contributed by atoms with Crippen molar-refractivity contribution in [3.8, 4) is 0 Å². The molecule has 3 rings (SSSR count). The quantitative estimate of drug-likeness (QED) is 0.786. The highest BCUT2D eigenvalue weighted by Crippen LogP contribution is 2.29. The molecule has 1 aliphatic rings. The maximum atomic E-state index is 14.0. The van der Waals surface area contributed by atoms with E-state index in [2.05, 4.69) is 15.9 Å². The Hall–Kier alpha value is -2.01. The molecule has 2 aromatic carbocycles. The van der Waals surface area contributed by atoms with Gasteiger partial charge in [0.15, 0.2) is 5.78 Å². The third-order valence-corrected chi connectivity index (χ3v) is 3.96. The van der Waals surface area contributed by atoms with E-state index in [-0.39, 0.29) is 24.3 Å². The van der Waals surface area contributed by atoms with Crippen LogP contribution in [0.3, 0.4) is 0 Å². The van der Waals surface area contributed by atoms with Gasteiger partial charge in [0, 0.05) is 23.0 Å². The molecule has 0 aliphatic carbocycles. The van der Waals surface area contributed by atoms with Crippen LogP contribution in [0.4, 0.5) is 10.1 Å². The fourth-order valence-electron chi connectivity index (χ4n) is 2.43. The number of nitrogens with zero attached hydrogens (tertiary/aromatic N) is 1. The van der Waals surface area contributed by atoms with E-state index >= 15 is 0 Å². The monoisotopic (exact) mass is 347 g/mol. The van der Waals surface area contributed by atoms with Crippen LogP contribution in [0.15, 0.2) is 46.9 Å². The Morgan fingerprint density at radius 3 is 2.71 bits per heavy atom. The number of benzene rings is 2. The Kier molecular flexibility index (Phi) is 3.59. The number of carbonyl (C=O) groups excluding carboxylic acids is 2. The summed E-state index contributed by atoms with van der Waals surface area (Å²) in [5.41, 5.74) is 1.05. The molecule has 1 heterocycles. The van der Waals surface area contributed by atoms with Gasteiger partial charge in [0.1, 0.15) is 5.82 Å². The van der Waals surface area contributed by atoms with Crippen LogP contribution in [-0.2, 0) is 0 Å². The summed E-state index contributed by atoms with van der Waals surface area (Å²) in [6.07, 6.45) is 0.251. The van der Waals surface area contributed by atoms with Gasteiger partial charge in [0.2, 0.25) is 0 Å². The number of hydrogen-bond acceptors (Lipinski definition) is 2. The minimum Gasteiger partial charge on any atom is -0.307 e. The van der Waals surface area contributed by atoms with E-state index in [1.54, 1.807) is 30.3 Å². The van der Waals surface area contributed by atoms with Gasteiger partial charge >= 0.3 is 0 Å². The third kappa shape index (κ3) is 2.49. The lowest BCUT2D eigenvalue weighted by molar-refractivity contribution is 0.0953. The van der Waals surface area contributed by atoms with Crippen LogP contribution >= 0.6 is 15.9 Å². The zero-order valence-electron chi connectivity index (χ0n) is 11.0. The Labute approximate surface area is 129 Å². The summed E-state index contributed by atoms with van der Waals surface area (Å²) in [5.74, 6) is -1.00. The van der Waals surface area contributed by atoms with Crippen LogP contribution in [0, 0.1) is 5.82 Å². The summed E-state index contributed by atoms with van der Waals surface area (Å²) in [7, 11) is 0. The molecule has 106 valence electrons. The smallest absolute Gasteiger partial charge is 0.261 e. The topological polar surface area (TPSA) is 37.4 Å². The van der Waals surface area contributed by atoms with Crippen molar-refractivity contribution in [3.63, 3.8) is 0 Å². The molecule has 3 nitrogen and oxygen atoms in total. The molecule has 0 saturated heterocycles. The molecule has 0 atom stereocenters. The third-order valence-electron chi connectivity index (χ3n) is 3.46. The molecule has 0 radical (unpaired) electrons. The van der Waals surface area contributed by atoms with E-state index in [1.165, 1.54) is 17.0 Å². The highest BCUT2D eigenvalue weighted by molar-refractivity contribution is 9.10. The fraction of sp³-hybridized carbons (Fsp3) is 0.125. The van der Waals surface area contributed by atoms with Crippen LogP contribution in [0.25, 0.3) is 0 Å². The number of para-hydroxylation sites is 1. The lowest BCUT2D eigenvalue weighted by Crippen LogP contribution is -2.37. The average molecular weight is 348 g/mol. The molecule has 0 fully saturated rings. The minimum absolute atomic E-state index is 0.00218. The van der Waals surface area contributed by atoms with Crippen LogP contribution in [0.1, 0.15) is 27.1 Å². The highest BCUT2D eigenvalue weighted by Gasteiger charge is 2.28. The Morgan fingerprint density at radius 2 is 1.95 bits per heavy atom. The van der Waals surface area contributed by atoms with Crippen molar-refractivity contribution >= 4 is 33.3 Å². The van der Waals surface area contributed by atoms with Crippen molar-refractivity contribution < 1.29 is 14.0 Å². The van der Waals surface area contributed by atoms with Gasteiger partial charge in [0.25, 0.3) is 5.91 Å². The van der Waals surface area contributed by atoms with Crippen LogP contribution in [-0.4, -0.2) is 18.2 Å². The van der Waals surface area contributed by atoms with E-state index in [9.17, 15) is 14.0 Å². The molecule has 0 spiro atoms. The minimum atomic E-state index is -0.580. The number of Topliss-reactive ketones (excluding diaryl/α,β-unsaturated/α-hetero) is 1. The summed E-state index contributed by atoms with van der Waals surface area (Å²) in [6.45, 7) is 0.268. The van der Waals surface area contributed by atoms with Crippen molar-refractivity contribution in [2.45, 2.75) is 6.42 Å². The van der Waals surface area contributed by atoms with Gasteiger partial charge in [0.05, 0.1) is 11.3 Å². The van der Waals surface area contributed by atoms with Crippen molar-refractivity contribution in [2.75, 3.05) is 11.4 Å². The lowest BCUT2D eigenvalue weighted by atomic mass is 9.99. The maximum absolute atomic E-state index is 14.0. The van der Waals surface area contributed by atoms with Gasteiger partial charge in [-0.1, -0.05) is 28.1 Å². The normalized spacial score (nSPS) is 14.0. The molecule has 2 aromatic rings. The molecule has 5 heteroatoms. The van der Waals surface area contributed by atoms with Crippen LogP contribution in [0.5, 0.6) is 0 Å². The number of amides is 1. The molecule has 21 heavy (non-hydrogen) atoms. The fourth-order valence-corrected chi connectivity index (χ4v) is 2.77. The number of fused-ring (bicyclic) bond motifs is 1. The summed E-state index contributed by atoms with van der Waals surface area (Å²) >= 11 is 3.17. The zero-order valence-corrected chi connectivity index (χ0v) is 12.6. The van der Waals surface area contributed by atoms with Crippen molar-refractivity contribution in [1.82, 2.24) is 0 Å². The second kappa shape index (κ2) is 5.41. The summed E-state index contributed by atoms with van der Waals surface area (Å²) in [4.78, 5) is 25.9. The van der Waals surface area contributed by atoms with Crippen molar-refractivity contribution in [2.24, 2.45) is 0 Å². The first-order valence-electron chi connectivity index (χ1n) is 6.47. The number of carbonyl (C=O) groups is 2. The number of rotatable bonds is 1. The molecule has 0 unspecified atom stereocenters. The van der Waals surface area contributed by atoms with Gasteiger partial charge in [-0.2, -0.15) is 0 Å². The Morgan fingerprint density at radius 1 is 1.19 bits per heavy atom. The summed E-state index contributed by atoms with van der Waals surface area (Å²) < 4.78 is 14.5. The SMILES string of the molecule is O=C1CCN(C(=O)c2ccc(Br)cc2F)c2ccccc21. The Bertz CT molecular complexity index is 745. The first kappa shape index (κ1) is 13.9. The van der Waals surface area contributed by atoms with Crippen LogP contribution in [0.2, 0.25) is 0 Å². The van der Waals surface area contributed by atoms with Gasteiger partial charge in [-0.3, -0.25) is 9.59 Å². The molecule has 0 N–H and O–H groups in total. The molecule has 1 amide bonds. The predicted molar refractivity (Wildman–Crippen MR) is 81.2 cm³/mol. The number of hydrogen-bond donors (Lipinski definition) is 0. The van der Waals surface area contributed by atoms with Gasteiger partial charge in [-0.15, -0.1) is 0 Å². The summed E-state index contributed by atoms with van der Waals surface area (Å²) in [5, 5.41) is 0. The van der Waals surface area contributed by atoms with E-state index in [4.69, 9.17) is 0 Å². The second-order valence-electron chi connectivity index (χ2n) is 4.77. The largest absolute Gasteiger partial charge is 0.307 e. The molecule has 0 aromatic heterocycles. The van der Waals surface area contributed by atoms with Gasteiger partial charge < -0.3 is 4.90 Å². The van der Waals surface area contributed by atoms with E-state index < -0.39 is 11.7 Å². The summed E-state index contributed by atoms with van der Waals surface area (Å²) in [6, 6.07) is 11.2. The molecular formula is C16H11BrFNO2. The first-order chi connectivity index (χ1) is 10.1. The van der Waals surface area contributed by atoms with Gasteiger partial charge in [-0.05, 0) is 30.3 Å². The number of halogens is 2. The number of anilines is 1.